The van der Waals surface area contributed by atoms with Crippen molar-refractivity contribution in [1.82, 2.24) is 0 Å². The van der Waals surface area contributed by atoms with E-state index in [1.54, 1.807) is 0 Å². The minimum Gasteiger partial charge on any atom is -0.396 e. The Morgan fingerprint density at radius 1 is 0.714 bits per heavy atom. The highest BCUT2D eigenvalue weighted by atomic mass is 16.3. The number of allylic oxidation sites excluding steroid dienone is 2. The van der Waals surface area contributed by atoms with Gasteiger partial charge in [0.2, 0.25) is 0 Å². The lowest BCUT2D eigenvalue weighted by molar-refractivity contribution is 0.227. The van der Waals surface area contributed by atoms with Crippen molar-refractivity contribution in [3.63, 3.8) is 0 Å². The van der Waals surface area contributed by atoms with Gasteiger partial charge in [0.25, 0.3) is 0 Å². The molecule has 0 aromatic rings. The molecule has 1 heteroatoms. The van der Waals surface area contributed by atoms with Crippen LogP contribution in [0.4, 0.5) is 0 Å². The minimum atomic E-state index is 0.351. The third kappa shape index (κ3) is 17.6. The van der Waals surface area contributed by atoms with Crippen LogP contribution in [0, 0.1) is 5.92 Å². The number of aliphatic hydroxyl groups excluding tert-OH is 1. The highest BCUT2D eigenvalue weighted by Crippen LogP contribution is 2.12. The topological polar surface area (TPSA) is 20.2 Å². The van der Waals surface area contributed by atoms with Gasteiger partial charge in [0.1, 0.15) is 0 Å². The molecule has 21 heavy (non-hydrogen) atoms. The summed E-state index contributed by atoms with van der Waals surface area (Å²) in [6, 6.07) is 0. The van der Waals surface area contributed by atoms with Crippen molar-refractivity contribution in [3.05, 3.63) is 12.2 Å². The van der Waals surface area contributed by atoms with Crippen LogP contribution in [0.2, 0.25) is 0 Å². The van der Waals surface area contributed by atoms with E-state index < -0.39 is 0 Å². The normalized spacial score (nSPS) is 13.1. The Balaban J connectivity index is 3.08. The summed E-state index contributed by atoms with van der Waals surface area (Å²) in [6.45, 7) is 4.76. The van der Waals surface area contributed by atoms with E-state index in [0.29, 0.717) is 12.5 Å². The third-order valence-electron chi connectivity index (χ3n) is 4.27. The van der Waals surface area contributed by atoms with Crippen LogP contribution in [0.5, 0.6) is 0 Å². The lowest BCUT2D eigenvalue weighted by atomic mass is 10.0. The minimum absolute atomic E-state index is 0.351. The van der Waals surface area contributed by atoms with Crippen molar-refractivity contribution < 1.29 is 5.11 Å². The maximum atomic E-state index is 8.94. The molecule has 0 spiro atoms. The van der Waals surface area contributed by atoms with E-state index in [0.717, 1.165) is 0 Å². The fourth-order valence-electron chi connectivity index (χ4n) is 2.65. The second kappa shape index (κ2) is 17.8. The predicted octanol–water partition coefficient (Wildman–Crippen LogP) is 6.65. The zero-order valence-electron chi connectivity index (χ0n) is 14.8. The van der Waals surface area contributed by atoms with Gasteiger partial charge in [-0.25, -0.2) is 0 Å². The van der Waals surface area contributed by atoms with Crippen molar-refractivity contribution >= 4 is 0 Å². The van der Waals surface area contributed by atoms with E-state index in [1.165, 1.54) is 89.9 Å². The van der Waals surface area contributed by atoms with E-state index in [-0.39, 0.29) is 0 Å². The molecule has 0 aliphatic carbocycles. The molecule has 1 atom stereocenters. The van der Waals surface area contributed by atoms with Gasteiger partial charge in [-0.05, 0) is 38.0 Å². The molecule has 0 bridgehead atoms. The summed E-state index contributed by atoms with van der Waals surface area (Å²) in [5.74, 6) is 0.495. The summed E-state index contributed by atoms with van der Waals surface area (Å²) in [5.41, 5.74) is 0. The Hall–Kier alpha value is -0.300. The molecule has 0 aromatic carbocycles. The fourth-order valence-corrected chi connectivity index (χ4v) is 2.65. The van der Waals surface area contributed by atoms with Crippen molar-refractivity contribution in [1.29, 1.82) is 0 Å². The first-order valence-electron chi connectivity index (χ1n) is 9.57. The summed E-state index contributed by atoms with van der Waals surface area (Å²) in [7, 11) is 0. The molecule has 0 fully saturated rings. The van der Waals surface area contributed by atoms with E-state index in [4.69, 9.17) is 5.11 Å². The van der Waals surface area contributed by atoms with Gasteiger partial charge in [-0.2, -0.15) is 0 Å². The van der Waals surface area contributed by atoms with E-state index in [9.17, 15) is 0 Å². The van der Waals surface area contributed by atoms with Gasteiger partial charge < -0.3 is 5.11 Å². The largest absolute Gasteiger partial charge is 0.396 e. The van der Waals surface area contributed by atoms with Crippen LogP contribution >= 0.6 is 0 Å². The number of aliphatic hydroxyl groups is 1. The molecular formula is C20H40O. The first-order chi connectivity index (χ1) is 10.3. The molecule has 0 aromatic heterocycles. The van der Waals surface area contributed by atoms with Crippen LogP contribution in [0.3, 0.4) is 0 Å². The second-order valence-corrected chi connectivity index (χ2v) is 6.66. The first kappa shape index (κ1) is 20.7. The van der Waals surface area contributed by atoms with Crippen LogP contribution < -0.4 is 0 Å². The molecule has 126 valence electrons. The first-order valence-corrected chi connectivity index (χ1v) is 9.57. The molecule has 0 amide bonds. The zero-order chi connectivity index (χ0) is 15.6. The summed E-state index contributed by atoms with van der Waals surface area (Å²) < 4.78 is 0. The number of rotatable bonds is 16. The smallest absolute Gasteiger partial charge is 0.0456 e. The average Bonchev–Trinajstić information content (AvgIpc) is 2.50. The molecule has 1 unspecified atom stereocenters. The van der Waals surface area contributed by atoms with E-state index >= 15 is 0 Å². The average molecular weight is 297 g/mol. The number of hydrogen-bond donors (Lipinski definition) is 1. The SMILES string of the molecule is CCCCCCCCC=CCCCCCCCC(C)CO. The molecule has 0 radical (unpaired) electrons. The van der Waals surface area contributed by atoms with Gasteiger partial charge in [-0.1, -0.05) is 83.8 Å². The van der Waals surface area contributed by atoms with Crippen LogP contribution in [0.1, 0.15) is 104 Å². The summed E-state index contributed by atoms with van der Waals surface area (Å²) in [5, 5.41) is 8.94. The van der Waals surface area contributed by atoms with Crippen molar-refractivity contribution in [3.8, 4) is 0 Å². The molecule has 0 rings (SSSR count). The fraction of sp³-hybridized carbons (Fsp3) is 0.900. The molecule has 0 saturated carbocycles. The zero-order valence-corrected chi connectivity index (χ0v) is 14.8. The molecule has 0 saturated heterocycles. The van der Waals surface area contributed by atoms with Gasteiger partial charge in [-0.15, -0.1) is 0 Å². The van der Waals surface area contributed by atoms with Gasteiger partial charge in [0.05, 0.1) is 0 Å². The van der Waals surface area contributed by atoms with E-state index in [1.807, 2.05) is 0 Å². The van der Waals surface area contributed by atoms with Gasteiger partial charge >= 0.3 is 0 Å². The molecule has 0 aliphatic rings. The number of hydrogen-bond acceptors (Lipinski definition) is 1. The third-order valence-corrected chi connectivity index (χ3v) is 4.27. The molecular weight excluding hydrogens is 256 g/mol. The lowest BCUT2D eigenvalue weighted by Gasteiger charge is -2.06. The lowest BCUT2D eigenvalue weighted by Crippen LogP contribution is -1.99. The van der Waals surface area contributed by atoms with Crippen LogP contribution in [-0.2, 0) is 0 Å². The monoisotopic (exact) mass is 296 g/mol. The van der Waals surface area contributed by atoms with E-state index in [2.05, 4.69) is 26.0 Å². The predicted molar refractivity (Wildman–Crippen MR) is 95.7 cm³/mol. The summed E-state index contributed by atoms with van der Waals surface area (Å²) in [6.07, 6.45) is 23.6. The summed E-state index contributed by atoms with van der Waals surface area (Å²) >= 11 is 0. The quantitative estimate of drug-likeness (QED) is 0.249. The van der Waals surface area contributed by atoms with Crippen molar-refractivity contribution in [2.24, 2.45) is 5.92 Å². The van der Waals surface area contributed by atoms with Crippen LogP contribution in [0.15, 0.2) is 12.2 Å². The van der Waals surface area contributed by atoms with Gasteiger partial charge in [0.15, 0.2) is 0 Å². The second-order valence-electron chi connectivity index (χ2n) is 6.66. The Labute approximate surface area is 134 Å². The molecule has 1 N–H and O–H groups in total. The van der Waals surface area contributed by atoms with Crippen LogP contribution in [-0.4, -0.2) is 11.7 Å². The Morgan fingerprint density at radius 3 is 1.71 bits per heavy atom. The van der Waals surface area contributed by atoms with Crippen molar-refractivity contribution in [2.45, 2.75) is 104 Å². The Morgan fingerprint density at radius 2 is 1.19 bits per heavy atom. The standard InChI is InChI=1S/C20H40O/c1-3-4-5-6-7-8-9-10-11-12-13-14-15-16-17-18-20(2)19-21/h10-11,20-21H,3-9,12-19H2,1-2H3. The highest BCUT2D eigenvalue weighted by molar-refractivity contribution is 4.81. The summed E-state index contributed by atoms with van der Waals surface area (Å²) in [4.78, 5) is 0. The number of unbranched alkanes of at least 4 members (excludes halogenated alkanes) is 11. The molecule has 1 nitrogen and oxygen atoms in total. The van der Waals surface area contributed by atoms with Crippen molar-refractivity contribution in [2.75, 3.05) is 6.61 Å². The Bertz CT molecular complexity index is 210. The Kier molecular flexibility index (Phi) is 17.5. The maximum Gasteiger partial charge on any atom is 0.0456 e. The van der Waals surface area contributed by atoms with Gasteiger partial charge in [-0.3, -0.25) is 0 Å². The maximum absolute atomic E-state index is 8.94. The van der Waals surface area contributed by atoms with Crippen LogP contribution in [0.25, 0.3) is 0 Å². The molecule has 0 heterocycles. The van der Waals surface area contributed by atoms with Gasteiger partial charge in [0, 0.05) is 6.61 Å². The molecule has 0 aliphatic heterocycles. The highest BCUT2D eigenvalue weighted by Gasteiger charge is 1.98.